The van der Waals surface area contributed by atoms with Crippen LogP contribution in [0.2, 0.25) is 0 Å². The van der Waals surface area contributed by atoms with E-state index in [1.54, 1.807) is 0 Å². The summed E-state index contributed by atoms with van der Waals surface area (Å²) in [5, 5.41) is 11.3. The molecule has 2 bridgehead atoms. The molecular weight excluding hydrogens is 246 g/mol. The summed E-state index contributed by atoms with van der Waals surface area (Å²) in [6.07, 6.45) is 8.84. The smallest absolute Gasteiger partial charge is 0.0893 e. The third kappa shape index (κ3) is 1.86. The summed E-state index contributed by atoms with van der Waals surface area (Å²) in [4.78, 5) is 2.51. The van der Waals surface area contributed by atoms with Crippen molar-refractivity contribution in [3.8, 4) is 0 Å². The lowest BCUT2D eigenvalue weighted by atomic mass is 9.72. The summed E-state index contributed by atoms with van der Waals surface area (Å²) in [5.41, 5.74) is 3.37. The van der Waals surface area contributed by atoms with E-state index in [-0.39, 0.29) is 0 Å². The first-order valence-corrected chi connectivity index (χ1v) is 7.89. The first-order chi connectivity index (χ1) is 9.66. The quantitative estimate of drug-likeness (QED) is 0.847. The van der Waals surface area contributed by atoms with Crippen molar-refractivity contribution in [2.75, 3.05) is 7.05 Å². The molecule has 1 N–H and O–H groups in total. The Labute approximate surface area is 121 Å². The minimum atomic E-state index is -0.568. The van der Waals surface area contributed by atoms with Crippen molar-refractivity contribution in [1.29, 1.82) is 0 Å². The van der Waals surface area contributed by atoms with Crippen molar-refractivity contribution in [1.82, 2.24) is 4.90 Å². The second-order valence-electron chi connectivity index (χ2n) is 6.89. The molecule has 106 valence electrons. The van der Waals surface area contributed by atoms with Crippen LogP contribution in [0.15, 0.2) is 29.8 Å². The van der Waals surface area contributed by atoms with Crippen LogP contribution in [0.25, 0.3) is 6.08 Å². The molecule has 0 aromatic heterocycles. The van der Waals surface area contributed by atoms with Gasteiger partial charge in [0, 0.05) is 12.1 Å². The fraction of sp³-hybridized carbons (Fsp3) is 0.556. The Bertz CT molecular complexity index is 548. The maximum Gasteiger partial charge on any atom is 0.0893 e. The van der Waals surface area contributed by atoms with Crippen LogP contribution in [0, 0.1) is 0 Å². The van der Waals surface area contributed by atoms with Gasteiger partial charge >= 0.3 is 0 Å². The number of aliphatic hydroxyl groups is 1. The topological polar surface area (TPSA) is 23.5 Å². The lowest BCUT2D eigenvalue weighted by Gasteiger charge is -2.51. The Morgan fingerprint density at radius 2 is 1.85 bits per heavy atom. The van der Waals surface area contributed by atoms with Crippen molar-refractivity contribution in [3.05, 3.63) is 41.0 Å². The molecule has 1 aromatic carbocycles. The number of nitrogens with zero attached hydrogens (tertiary/aromatic N) is 1. The van der Waals surface area contributed by atoms with Gasteiger partial charge in [0.25, 0.3) is 0 Å². The zero-order valence-electron chi connectivity index (χ0n) is 12.2. The third-order valence-corrected chi connectivity index (χ3v) is 5.74. The maximum absolute atomic E-state index is 11.3. The van der Waals surface area contributed by atoms with Gasteiger partial charge in [0.2, 0.25) is 0 Å². The minimum absolute atomic E-state index is 0.567. The van der Waals surface area contributed by atoms with Gasteiger partial charge in [-0.15, -0.1) is 0 Å². The van der Waals surface area contributed by atoms with Gasteiger partial charge in [0.1, 0.15) is 0 Å². The summed E-state index contributed by atoms with van der Waals surface area (Å²) in [6.45, 7) is 0. The van der Waals surface area contributed by atoms with Crippen LogP contribution in [0.1, 0.15) is 43.2 Å². The zero-order chi connectivity index (χ0) is 13.7. The molecule has 1 aromatic rings. The van der Waals surface area contributed by atoms with Crippen molar-refractivity contribution in [2.45, 2.75) is 56.2 Å². The normalized spacial score (nSPS) is 36.6. The van der Waals surface area contributed by atoms with E-state index in [1.807, 2.05) is 0 Å². The number of fused-ring (bicyclic) bond motifs is 3. The standard InChI is InChI=1S/C18H23NO/c1-19-16-7-4-8-17(19)12-18(20,11-16)15-9-13-5-2-3-6-14(13)10-15/h2-3,5-6,9,16-17,20H,4,7-8,10-12H2,1H3. The summed E-state index contributed by atoms with van der Waals surface area (Å²) >= 11 is 0. The highest BCUT2D eigenvalue weighted by molar-refractivity contribution is 5.65. The first kappa shape index (κ1) is 12.6. The molecule has 0 saturated carbocycles. The lowest BCUT2D eigenvalue weighted by molar-refractivity contribution is -0.0607. The van der Waals surface area contributed by atoms with E-state index in [4.69, 9.17) is 0 Å². The molecule has 4 rings (SSSR count). The Balaban J connectivity index is 1.63. The van der Waals surface area contributed by atoms with Gasteiger partial charge in [-0.05, 0) is 55.9 Å². The Morgan fingerprint density at radius 3 is 2.55 bits per heavy atom. The van der Waals surface area contributed by atoms with Crippen molar-refractivity contribution in [2.24, 2.45) is 0 Å². The monoisotopic (exact) mass is 269 g/mol. The maximum atomic E-state index is 11.3. The van der Waals surface area contributed by atoms with Gasteiger partial charge in [0.15, 0.2) is 0 Å². The van der Waals surface area contributed by atoms with E-state index in [0.29, 0.717) is 12.1 Å². The fourth-order valence-corrected chi connectivity index (χ4v) is 4.49. The SMILES string of the molecule is CN1C2CCCC1CC(O)(C1=Cc3ccccc3C1)C2. The van der Waals surface area contributed by atoms with Gasteiger partial charge in [0.05, 0.1) is 5.60 Å². The molecule has 2 heterocycles. The molecule has 0 amide bonds. The Kier molecular flexibility index (Phi) is 2.80. The molecular formula is C18H23NO. The molecule has 2 unspecified atom stereocenters. The van der Waals surface area contributed by atoms with Crippen LogP contribution >= 0.6 is 0 Å². The predicted octanol–water partition coefficient (Wildman–Crippen LogP) is 3.00. The molecule has 2 aliphatic heterocycles. The molecule has 2 nitrogen and oxygen atoms in total. The largest absolute Gasteiger partial charge is 0.385 e. The number of hydrogen-bond donors (Lipinski definition) is 1. The van der Waals surface area contributed by atoms with Crippen LogP contribution in [-0.2, 0) is 6.42 Å². The molecule has 0 radical (unpaired) electrons. The van der Waals surface area contributed by atoms with Gasteiger partial charge in [-0.2, -0.15) is 0 Å². The highest BCUT2D eigenvalue weighted by Gasteiger charge is 2.46. The second-order valence-corrected chi connectivity index (χ2v) is 6.89. The van der Waals surface area contributed by atoms with E-state index in [0.717, 1.165) is 19.3 Å². The predicted molar refractivity (Wildman–Crippen MR) is 81.5 cm³/mol. The molecule has 0 spiro atoms. The average molecular weight is 269 g/mol. The molecule has 2 heteroatoms. The number of hydrogen-bond acceptors (Lipinski definition) is 2. The van der Waals surface area contributed by atoms with Crippen LogP contribution < -0.4 is 0 Å². The Hall–Kier alpha value is -1.12. The number of benzene rings is 1. The fourth-order valence-electron chi connectivity index (χ4n) is 4.49. The minimum Gasteiger partial charge on any atom is -0.385 e. The second kappa shape index (κ2) is 4.44. The highest BCUT2D eigenvalue weighted by atomic mass is 16.3. The molecule has 20 heavy (non-hydrogen) atoms. The zero-order valence-corrected chi connectivity index (χ0v) is 12.2. The van der Waals surface area contributed by atoms with E-state index >= 15 is 0 Å². The molecule has 3 aliphatic rings. The summed E-state index contributed by atoms with van der Waals surface area (Å²) in [7, 11) is 2.24. The molecule has 2 atom stereocenters. The highest BCUT2D eigenvalue weighted by Crippen LogP contribution is 2.44. The summed E-state index contributed by atoms with van der Waals surface area (Å²) < 4.78 is 0. The first-order valence-electron chi connectivity index (χ1n) is 7.89. The van der Waals surface area contributed by atoms with Gasteiger partial charge in [-0.3, -0.25) is 0 Å². The molecule has 2 saturated heterocycles. The van der Waals surface area contributed by atoms with Crippen molar-refractivity contribution in [3.63, 3.8) is 0 Å². The average Bonchev–Trinajstić information content (AvgIpc) is 2.85. The van der Waals surface area contributed by atoms with Gasteiger partial charge in [-0.1, -0.05) is 36.8 Å². The van der Waals surface area contributed by atoms with Gasteiger partial charge in [-0.25, -0.2) is 0 Å². The number of piperidine rings is 2. The van der Waals surface area contributed by atoms with Crippen LogP contribution in [0.4, 0.5) is 0 Å². The van der Waals surface area contributed by atoms with E-state index in [1.165, 1.54) is 36.0 Å². The third-order valence-electron chi connectivity index (χ3n) is 5.74. The van der Waals surface area contributed by atoms with Crippen LogP contribution in [-0.4, -0.2) is 34.7 Å². The molecule has 2 fully saturated rings. The molecule has 1 aliphatic carbocycles. The summed E-state index contributed by atoms with van der Waals surface area (Å²) in [5.74, 6) is 0. The van der Waals surface area contributed by atoms with Crippen LogP contribution in [0.3, 0.4) is 0 Å². The number of rotatable bonds is 1. The summed E-state index contributed by atoms with van der Waals surface area (Å²) in [6, 6.07) is 9.68. The van der Waals surface area contributed by atoms with E-state index in [2.05, 4.69) is 42.3 Å². The van der Waals surface area contributed by atoms with E-state index in [9.17, 15) is 5.11 Å². The lowest BCUT2D eigenvalue weighted by Crippen LogP contribution is -2.56. The Morgan fingerprint density at radius 1 is 1.15 bits per heavy atom. The van der Waals surface area contributed by atoms with Crippen molar-refractivity contribution < 1.29 is 5.11 Å². The van der Waals surface area contributed by atoms with Crippen LogP contribution in [0.5, 0.6) is 0 Å². The van der Waals surface area contributed by atoms with Crippen molar-refractivity contribution >= 4 is 6.08 Å². The van der Waals surface area contributed by atoms with E-state index < -0.39 is 5.60 Å². The van der Waals surface area contributed by atoms with Gasteiger partial charge < -0.3 is 10.0 Å².